The molecule has 0 aliphatic rings. The molecule has 0 aliphatic carbocycles. The predicted molar refractivity (Wildman–Crippen MR) is 48.6 cm³/mol. The van der Waals surface area contributed by atoms with Crippen molar-refractivity contribution in [2.75, 3.05) is 38.9 Å². The van der Waals surface area contributed by atoms with E-state index < -0.39 is 0 Å². The van der Waals surface area contributed by atoms with Crippen molar-refractivity contribution in [3.05, 3.63) is 0 Å². The van der Waals surface area contributed by atoms with Crippen LogP contribution in [0, 0.1) is 0 Å². The Labute approximate surface area is 75.1 Å². The summed E-state index contributed by atoms with van der Waals surface area (Å²) < 4.78 is 9.72. The molecule has 6 heteroatoms. The minimum atomic E-state index is 0. The molecule has 2 nitrogen and oxygen atoms in total. The molecule has 0 amide bonds. The van der Waals surface area contributed by atoms with Gasteiger partial charge in [-0.15, -0.1) is 0 Å². The largest absolute Gasteiger partial charge is 0.384 e. The van der Waals surface area contributed by atoms with E-state index in [9.17, 15) is 0 Å². The summed E-state index contributed by atoms with van der Waals surface area (Å²) in [5.74, 6) is 2.14. The maximum Gasteiger partial charge on any atom is 0.0552 e. The van der Waals surface area contributed by atoms with Crippen LogP contribution in [-0.2, 0) is 9.47 Å². The summed E-state index contributed by atoms with van der Waals surface area (Å²) in [5, 5.41) is 0. The summed E-state index contributed by atoms with van der Waals surface area (Å²) in [4.78, 5) is 0. The maximum atomic E-state index is 4.86. The molecule has 0 rings (SSSR count). The van der Waals surface area contributed by atoms with Gasteiger partial charge in [-0.1, -0.05) is 0 Å². The number of ether oxygens (including phenoxy) is 2. The van der Waals surface area contributed by atoms with Crippen LogP contribution in [0.3, 0.4) is 0 Å². The van der Waals surface area contributed by atoms with E-state index in [1.807, 2.05) is 11.8 Å². The van der Waals surface area contributed by atoms with Gasteiger partial charge in [-0.2, -0.15) is 11.8 Å². The molecule has 0 saturated carbocycles. The second-order valence-electron chi connectivity index (χ2n) is 1.60. The zero-order valence-corrected chi connectivity index (χ0v) is 8.09. The quantitative estimate of drug-likeness (QED) is 0.618. The van der Waals surface area contributed by atoms with Gasteiger partial charge in [0, 0.05) is 25.7 Å². The third-order valence-corrected chi connectivity index (χ3v) is 1.77. The van der Waals surface area contributed by atoms with Crippen molar-refractivity contribution in [1.82, 2.24) is 0 Å². The van der Waals surface area contributed by atoms with Crippen LogP contribution in [0.25, 0.3) is 0 Å². The molecule has 0 aromatic heterocycles. The van der Waals surface area contributed by atoms with Gasteiger partial charge < -0.3 is 9.47 Å². The Bertz CT molecular complexity index is 54.1. The van der Waals surface area contributed by atoms with Crippen LogP contribution in [0.5, 0.6) is 0 Å². The highest BCUT2D eigenvalue weighted by molar-refractivity contribution is 7.99. The average molecular weight is 210 g/mol. The second-order valence-corrected chi connectivity index (χ2v) is 2.82. The van der Waals surface area contributed by atoms with Crippen LogP contribution in [0.1, 0.15) is 0 Å². The lowest BCUT2D eigenvalue weighted by molar-refractivity contribution is 0.215. The highest BCUT2D eigenvalue weighted by Crippen LogP contribution is 1.97. The topological polar surface area (TPSA) is 18.5 Å². The zero-order chi connectivity index (χ0) is 6.95. The van der Waals surface area contributed by atoms with E-state index in [1.54, 1.807) is 14.2 Å². The molecular formula is C6H17F3O2S. The van der Waals surface area contributed by atoms with E-state index in [-0.39, 0.29) is 14.1 Å². The van der Waals surface area contributed by atoms with E-state index in [1.165, 1.54) is 0 Å². The lowest BCUT2D eigenvalue weighted by atomic mass is 10.8. The summed E-state index contributed by atoms with van der Waals surface area (Å²) in [6, 6.07) is 0. The summed E-state index contributed by atoms with van der Waals surface area (Å²) in [6.07, 6.45) is 0. The van der Waals surface area contributed by atoms with Gasteiger partial charge in [0.15, 0.2) is 0 Å². The third-order valence-electron chi connectivity index (χ3n) is 0.864. The maximum absolute atomic E-state index is 4.86. The normalized spacial score (nSPS) is 7.50. The van der Waals surface area contributed by atoms with E-state index in [0.717, 1.165) is 24.7 Å². The van der Waals surface area contributed by atoms with Crippen molar-refractivity contribution >= 4 is 11.8 Å². The Balaban J connectivity index is -0.000000107. The zero-order valence-electron chi connectivity index (χ0n) is 7.28. The summed E-state index contributed by atoms with van der Waals surface area (Å²) in [5.41, 5.74) is 0. The number of hydrogen-bond donors (Lipinski definition) is 0. The lowest BCUT2D eigenvalue weighted by Gasteiger charge is -1.98. The SMILES string of the molecule is COCCSCCOC.F.F.F. The van der Waals surface area contributed by atoms with E-state index >= 15 is 0 Å². The predicted octanol–water partition coefficient (Wildman–Crippen LogP) is 1.47. The standard InChI is InChI=1S/C6H14O2S.3FH/c1-7-3-5-9-6-4-8-2;;;/h3-6H2,1-2H3;3*1H. The Hall–Kier alpha value is 0.0600. The van der Waals surface area contributed by atoms with Crippen LogP contribution >= 0.6 is 11.8 Å². The molecule has 80 valence electrons. The number of thioether (sulfide) groups is 1. The first kappa shape index (κ1) is 22.7. The van der Waals surface area contributed by atoms with Crippen LogP contribution in [-0.4, -0.2) is 38.9 Å². The smallest absolute Gasteiger partial charge is 0.0552 e. The molecule has 0 spiro atoms. The first-order valence-electron chi connectivity index (χ1n) is 2.97. The van der Waals surface area contributed by atoms with Gasteiger partial charge in [0.05, 0.1) is 13.2 Å². The molecule has 0 heterocycles. The average Bonchev–Trinajstić information content (AvgIpc) is 1.89. The molecule has 0 bridgehead atoms. The lowest BCUT2D eigenvalue weighted by Crippen LogP contribution is -1.96. The number of rotatable bonds is 6. The van der Waals surface area contributed by atoms with Crippen LogP contribution in [0.15, 0.2) is 0 Å². The van der Waals surface area contributed by atoms with Crippen molar-refractivity contribution < 1.29 is 23.6 Å². The van der Waals surface area contributed by atoms with E-state index in [0.29, 0.717) is 0 Å². The first-order valence-corrected chi connectivity index (χ1v) is 4.13. The summed E-state index contributed by atoms with van der Waals surface area (Å²) >= 11 is 1.85. The molecule has 0 radical (unpaired) electrons. The third kappa shape index (κ3) is 22.5. The minimum absolute atomic E-state index is 0. The fraction of sp³-hybridized carbons (Fsp3) is 1.00. The molecule has 0 aliphatic heterocycles. The molecule has 0 saturated heterocycles. The molecule has 0 unspecified atom stereocenters. The summed E-state index contributed by atoms with van der Waals surface area (Å²) in [7, 11) is 3.44. The van der Waals surface area contributed by atoms with Crippen LogP contribution in [0.2, 0.25) is 0 Å². The molecule has 0 atom stereocenters. The molecule has 12 heavy (non-hydrogen) atoms. The Morgan fingerprint density at radius 2 is 1.17 bits per heavy atom. The van der Waals surface area contributed by atoms with Gasteiger partial charge in [-0.25, -0.2) is 0 Å². The first-order chi connectivity index (χ1) is 4.41. The van der Waals surface area contributed by atoms with E-state index in [4.69, 9.17) is 9.47 Å². The fourth-order valence-corrected chi connectivity index (χ4v) is 1.16. The minimum Gasteiger partial charge on any atom is -0.384 e. The van der Waals surface area contributed by atoms with Crippen molar-refractivity contribution in [2.24, 2.45) is 0 Å². The van der Waals surface area contributed by atoms with Crippen molar-refractivity contribution in [1.29, 1.82) is 0 Å². The van der Waals surface area contributed by atoms with Crippen LogP contribution in [0.4, 0.5) is 14.1 Å². The van der Waals surface area contributed by atoms with Gasteiger partial charge in [0.2, 0.25) is 0 Å². The van der Waals surface area contributed by atoms with Gasteiger partial charge in [-0.05, 0) is 0 Å². The van der Waals surface area contributed by atoms with Crippen molar-refractivity contribution in [3.63, 3.8) is 0 Å². The van der Waals surface area contributed by atoms with Gasteiger partial charge in [0.25, 0.3) is 0 Å². The molecule has 0 aromatic carbocycles. The number of hydrogen-bond acceptors (Lipinski definition) is 3. The van der Waals surface area contributed by atoms with Gasteiger partial charge >= 0.3 is 0 Å². The highest BCUT2D eigenvalue weighted by Gasteiger charge is 1.85. The van der Waals surface area contributed by atoms with Crippen LogP contribution < -0.4 is 0 Å². The Morgan fingerprint density at radius 1 is 0.833 bits per heavy atom. The molecule has 0 fully saturated rings. The van der Waals surface area contributed by atoms with Gasteiger partial charge in [-0.3, -0.25) is 14.1 Å². The fourth-order valence-electron chi connectivity index (χ4n) is 0.387. The monoisotopic (exact) mass is 210 g/mol. The highest BCUT2D eigenvalue weighted by atomic mass is 32.2. The summed E-state index contributed by atoms with van der Waals surface area (Å²) in [6.45, 7) is 1.68. The Morgan fingerprint density at radius 3 is 1.42 bits per heavy atom. The second kappa shape index (κ2) is 22.5. The van der Waals surface area contributed by atoms with Crippen molar-refractivity contribution in [3.8, 4) is 0 Å². The van der Waals surface area contributed by atoms with Gasteiger partial charge in [0.1, 0.15) is 0 Å². The Kier molecular flexibility index (Phi) is 42.5. The molecular weight excluding hydrogens is 193 g/mol. The number of methoxy groups -OCH3 is 2. The molecule has 0 aromatic rings. The number of halogens is 3. The van der Waals surface area contributed by atoms with Crippen molar-refractivity contribution in [2.45, 2.75) is 0 Å². The van der Waals surface area contributed by atoms with E-state index in [2.05, 4.69) is 0 Å². The molecule has 0 N–H and O–H groups in total.